The van der Waals surface area contributed by atoms with Gasteiger partial charge >= 0.3 is 0 Å². The highest BCUT2D eigenvalue weighted by molar-refractivity contribution is 5.98. The summed E-state index contributed by atoms with van der Waals surface area (Å²) in [7, 11) is 1.99. The molecule has 188 valence electrons. The van der Waals surface area contributed by atoms with Gasteiger partial charge in [0.05, 0.1) is 49.5 Å². The van der Waals surface area contributed by atoms with E-state index in [0.29, 0.717) is 31.1 Å². The number of ether oxygens (including phenoxy) is 4. The van der Waals surface area contributed by atoms with E-state index in [2.05, 4.69) is 22.6 Å². The second kappa shape index (κ2) is 7.99. The summed E-state index contributed by atoms with van der Waals surface area (Å²) in [4.78, 5) is 21.3. The second-order valence-corrected chi connectivity index (χ2v) is 10.8. The highest BCUT2D eigenvalue weighted by Gasteiger charge is 2.51. The van der Waals surface area contributed by atoms with E-state index in [1.54, 1.807) is 6.20 Å². The molecule has 3 aromatic rings. The lowest BCUT2D eigenvalue weighted by molar-refractivity contribution is -0.191. The SMILES string of the molecule is CC(=O)Nc1cc2c(-c3cc(OC4CC5(COC5)C4)c4c(n3)C3(CCOC3)OCC4)cn(C)c2cn1. The van der Waals surface area contributed by atoms with Crippen LogP contribution >= 0.6 is 0 Å². The standard InChI is InChI=1S/C27H30N4O5/c1-16(32)29-24-7-19-20(12-31(2)22(19)11-28-24)21-8-23(36-17-9-26(10-17)13-34-14-26)18-3-5-35-27(25(18)30-21)4-6-33-15-27/h7-8,11-12,17H,3-6,9-10,13-15H2,1-2H3,(H,28,29,32). The van der Waals surface area contributed by atoms with Gasteiger partial charge in [0.15, 0.2) is 0 Å². The third-order valence-corrected chi connectivity index (χ3v) is 8.12. The molecule has 0 bridgehead atoms. The lowest BCUT2D eigenvalue weighted by Gasteiger charge is -2.52. The fraction of sp³-hybridized carbons (Fsp3) is 0.519. The average Bonchev–Trinajstić information content (AvgIpc) is 3.39. The first kappa shape index (κ1) is 22.2. The average molecular weight is 491 g/mol. The number of hydrogen-bond donors (Lipinski definition) is 1. The summed E-state index contributed by atoms with van der Waals surface area (Å²) in [5.41, 5.74) is 4.63. The molecule has 0 radical (unpaired) electrons. The van der Waals surface area contributed by atoms with Crippen molar-refractivity contribution in [2.24, 2.45) is 12.5 Å². The van der Waals surface area contributed by atoms with Crippen LogP contribution in [0.2, 0.25) is 0 Å². The van der Waals surface area contributed by atoms with Crippen LogP contribution in [0, 0.1) is 5.41 Å². The van der Waals surface area contributed by atoms with Gasteiger partial charge in [0.1, 0.15) is 23.3 Å². The van der Waals surface area contributed by atoms with Gasteiger partial charge in [-0.1, -0.05) is 0 Å². The number of amides is 1. The highest BCUT2D eigenvalue weighted by atomic mass is 16.6. The molecule has 1 aliphatic carbocycles. The van der Waals surface area contributed by atoms with Gasteiger partial charge in [-0.3, -0.25) is 4.79 Å². The lowest BCUT2D eigenvalue weighted by Crippen LogP contribution is -2.56. The zero-order chi connectivity index (χ0) is 24.5. The van der Waals surface area contributed by atoms with Crippen molar-refractivity contribution < 1.29 is 23.7 Å². The number of nitrogens with zero attached hydrogens (tertiary/aromatic N) is 3. The molecule has 3 fully saturated rings. The van der Waals surface area contributed by atoms with Gasteiger partial charge in [0.25, 0.3) is 0 Å². The number of hydrogen-bond acceptors (Lipinski definition) is 7. The normalized spacial score (nSPS) is 24.5. The predicted octanol–water partition coefficient (Wildman–Crippen LogP) is 3.34. The minimum atomic E-state index is -0.530. The van der Waals surface area contributed by atoms with E-state index in [1.165, 1.54) is 6.92 Å². The van der Waals surface area contributed by atoms with Gasteiger partial charge in [-0.2, -0.15) is 0 Å². The molecular formula is C27H30N4O5. The van der Waals surface area contributed by atoms with Crippen molar-refractivity contribution in [3.63, 3.8) is 0 Å². The topological polar surface area (TPSA) is 96.7 Å². The lowest BCUT2D eigenvalue weighted by atomic mass is 9.65. The number of fused-ring (bicyclic) bond motifs is 3. The minimum absolute atomic E-state index is 0.155. The Labute approximate surface area is 209 Å². The van der Waals surface area contributed by atoms with Gasteiger partial charge in [0.2, 0.25) is 5.91 Å². The quantitative estimate of drug-likeness (QED) is 0.599. The second-order valence-electron chi connectivity index (χ2n) is 10.8. The van der Waals surface area contributed by atoms with Crippen LogP contribution in [0.1, 0.15) is 37.4 Å². The maximum Gasteiger partial charge on any atom is 0.222 e. The molecule has 3 aromatic heterocycles. The van der Waals surface area contributed by atoms with E-state index in [1.807, 2.05) is 17.7 Å². The largest absolute Gasteiger partial charge is 0.490 e. The molecule has 1 unspecified atom stereocenters. The summed E-state index contributed by atoms with van der Waals surface area (Å²) in [6.45, 7) is 4.98. The number of aryl methyl sites for hydroxylation is 1. The van der Waals surface area contributed by atoms with E-state index in [-0.39, 0.29) is 12.0 Å². The number of anilines is 1. The Bertz CT molecular complexity index is 1360. The summed E-state index contributed by atoms with van der Waals surface area (Å²) < 4.78 is 26.3. The van der Waals surface area contributed by atoms with E-state index in [9.17, 15) is 4.79 Å². The van der Waals surface area contributed by atoms with E-state index >= 15 is 0 Å². The van der Waals surface area contributed by atoms with Crippen LogP contribution in [0.25, 0.3) is 22.2 Å². The molecule has 4 aliphatic rings. The maximum absolute atomic E-state index is 11.6. The third kappa shape index (κ3) is 3.44. The Hall–Kier alpha value is -3.01. The summed E-state index contributed by atoms with van der Waals surface area (Å²) in [6, 6.07) is 3.99. The number of aromatic nitrogens is 3. The van der Waals surface area contributed by atoms with Gasteiger partial charge in [-0.25, -0.2) is 9.97 Å². The molecule has 1 amide bonds. The summed E-state index contributed by atoms with van der Waals surface area (Å²) in [5.74, 6) is 1.26. The van der Waals surface area contributed by atoms with Crippen LogP contribution in [0.15, 0.2) is 24.5 Å². The monoisotopic (exact) mass is 490 g/mol. The number of carbonyl (C=O) groups excluding carboxylic acids is 1. The van der Waals surface area contributed by atoms with Crippen molar-refractivity contribution in [3.05, 3.63) is 35.8 Å². The van der Waals surface area contributed by atoms with Crippen molar-refractivity contribution in [2.45, 2.75) is 44.3 Å². The summed E-state index contributed by atoms with van der Waals surface area (Å²) in [5, 5.41) is 3.76. The summed E-state index contributed by atoms with van der Waals surface area (Å²) in [6.07, 6.45) is 7.65. The first-order chi connectivity index (χ1) is 17.4. The number of carbonyl (C=O) groups is 1. The van der Waals surface area contributed by atoms with Crippen LogP contribution in [0.5, 0.6) is 5.75 Å². The molecule has 1 atom stereocenters. The highest BCUT2D eigenvalue weighted by Crippen LogP contribution is 2.50. The van der Waals surface area contributed by atoms with E-state index in [4.69, 9.17) is 23.9 Å². The Balaban J connectivity index is 1.35. The van der Waals surface area contributed by atoms with Gasteiger partial charge in [-0.15, -0.1) is 0 Å². The van der Waals surface area contributed by atoms with Crippen LogP contribution in [-0.2, 0) is 38.1 Å². The number of nitrogens with one attached hydrogen (secondary N) is 1. The van der Waals surface area contributed by atoms with Crippen molar-refractivity contribution in [3.8, 4) is 17.0 Å². The van der Waals surface area contributed by atoms with E-state index < -0.39 is 5.60 Å². The van der Waals surface area contributed by atoms with Gasteiger partial charge in [-0.05, 0) is 18.9 Å². The maximum atomic E-state index is 11.6. The van der Waals surface area contributed by atoms with Gasteiger partial charge in [0, 0.05) is 67.6 Å². The van der Waals surface area contributed by atoms with Crippen LogP contribution in [-0.4, -0.2) is 59.6 Å². The predicted molar refractivity (Wildman–Crippen MR) is 132 cm³/mol. The van der Waals surface area contributed by atoms with E-state index in [0.717, 1.165) is 78.1 Å². The minimum Gasteiger partial charge on any atom is -0.490 e. The molecule has 36 heavy (non-hydrogen) atoms. The van der Waals surface area contributed by atoms with Crippen molar-refractivity contribution in [1.29, 1.82) is 0 Å². The Morgan fingerprint density at radius 2 is 2.06 bits per heavy atom. The molecule has 1 N–H and O–H groups in total. The Morgan fingerprint density at radius 1 is 1.19 bits per heavy atom. The van der Waals surface area contributed by atoms with Crippen molar-refractivity contribution in [2.75, 3.05) is 38.4 Å². The molecule has 9 heteroatoms. The molecule has 9 nitrogen and oxygen atoms in total. The Morgan fingerprint density at radius 3 is 2.78 bits per heavy atom. The zero-order valence-corrected chi connectivity index (χ0v) is 20.6. The first-order valence-corrected chi connectivity index (χ1v) is 12.7. The zero-order valence-electron chi connectivity index (χ0n) is 20.6. The molecule has 0 aromatic carbocycles. The van der Waals surface area contributed by atoms with Crippen LogP contribution < -0.4 is 10.1 Å². The van der Waals surface area contributed by atoms with Crippen LogP contribution in [0.4, 0.5) is 5.82 Å². The number of pyridine rings is 2. The third-order valence-electron chi connectivity index (χ3n) is 8.12. The summed E-state index contributed by atoms with van der Waals surface area (Å²) >= 11 is 0. The molecule has 6 heterocycles. The molecule has 2 saturated heterocycles. The smallest absolute Gasteiger partial charge is 0.222 e. The van der Waals surface area contributed by atoms with Gasteiger partial charge < -0.3 is 28.8 Å². The molecule has 3 aliphatic heterocycles. The molecule has 1 saturated carbocycles. The molecule has 7 rings (SSSR count). The first-order valence-electron chi connectivity index (χ1n) is 12.7. The van der Waals surface area contributed by atoms with Crippen molar-refractivity contribution in [1.82, 2.24) is 14.5 Å². The fourth-order valence-electron chi connectivity index (χ4n) is 6.20. The number of rotatable bonds is 4. The molecular weight excluding hydrogens is 460 g/mol. The Kier molecular flexibility index (Phi) is 4.93. The molecule has 2 spiro atoms. The van der Waals surface area contributed by atoms with Crippen LogP contribution in [0.3, 0.4) is 0 Å². The fourth-order valence-corrected chi connectivity index (χ4v) is 6.20. The van der Waals surface area contributed by atoms with Crippen molar-refractivity contribution >= 4 is 22.6 Å².